The molecule has 1 saturated heterocycles. The zero-order chi connectivity index (χ0) is 19.6. The summed E-state index contributed by atoms with van der Waals surface area (Å²) in [6.45, 7) is 1.50. The number of hydrogen-bond donors (Lipinski definition) is 2. The van der Waals surface area contributed by atoms with Crippen molar-refractivity contribution in [3.05, 3.63) is 23.8 Å². The molecule has 2 N–H and O–H groups in total. The molecule has 4 amide bonds. The molecule has 1 aliphatic carbocycles. The average molecular weight is 375 g/mol. The summed E-state index contributed by atoms with van der Waals surface area (Å²) in [5.74, 6) is 0.547. The van der Waals surface area contributed by atoms with Gasteiger partial charge in [0.15, 0.2) is 0 Å². The van der Waals surface area contributed by atoms with E-state index in [9.17, 15) is 14.4 Å². The number of rotatable bonds is 6. The largest absolute Gasteiger partial charge is 0.497 e. The fourth-order valence-corrected chi connectivity index (χ4v) is 3.82. The molecule has 1 saturated carbocycles. The molecule has 1 spiro atoms. The fraction of sp³-hybridized carbons (Fsp3) is 0.526. The van der Waals surface area contributed by atoms with Gasteiger partial charge in [0.25, 0.3) is 5.91 Å². The monoisotopic (exact) mass is 375 g/mol. The molecule has 0 aromatic heterocycles. The normalized spacial score (nSPS) is 19.1. The Morgan fingerprint density at radius 1 is 1.26 bits per heavy atom. The fourth-order valence-electron chi connectivity index (χ4n) is 3.82. The van der Waals surface area contributed by atoms with Crippen molar-refractivity contribution in [2.75, 3.05) is 20.8 Å². The van der Waals surface area contributed by atoms with Gasteiger partial charge in [-0.2, -0.15) is 0 Å². The molecule has 1 heterocycles. The number of urea groups is 1. The van der Waals surface area contributed by atoms with Gasteiger partial charge in [-0.1, -0.05) is 12.8 Å². The topological polar surface area (TPSA) is 97.0 Å². The van der Waals surface area contributed by atoms with Gasteiger partial charge in [0, 0.05) is 5.56 Å². The Morgan fingerprint density at radius 2 is 1.96 bits per heavy atom. The first kappa shape index (κ1) is 19.0. The van der Waals surface area contributed by atoms with Gasteiger partial charge in [-0.25, -0.2) is 4.79 Å². The molecule has 8 heteroatoms. The Bertz CT molecular complexity index is 758. The van der Waals surface area contributed by atoms with Gasteiger partial charge < -0.3 is 20.1 Å². The van der Waals surface area contributed by atoms with Gasteiger partial charge in [0.2, 0.25) is 5.91 Å². The molecule has 146 valence electrons. The third kappa shape index (κ3) is 3.56. The third-order valence-corrected chi connectivity index (χ3v) is 5.29. The van der Waals surface area contributed by atoms with Crippen LogP contribution in [-0.2, 0) is 9.59 Å². The number of benzene rings is 1. The van der Waals surface area contributed by atoms with E-state index in [-0.39, 0.29) is 18.5 Å². The second kappa shape index (κ2) is 7.46. The van der Waals surface area contributed by atoms with Gasteiger partial charge in [-0.15, -0.1) is 0 Å². The van der Waals surface area contributed by atoms with Crippen molar-refractivity contribution in [2.24, 2.45) is 0 Å². The van der Waals surface area contributed by atoms with E-state index in [0.717, 1.165) is 23.3 Å². The molecule has 1 unspecified atom stereocenters. The Balaban J connectivity index is 1.67. The van der Waals surface area contributed by atoms with Crippen molar-refractivity contribution in [1.29, 1.82) is 0 Å². The second-order valence-corrected chi connectivity index (χ2v) is 7.01. The van der Waals surface area contributed by atoms with Crippen molar-refractivity contribution >= 4 is 17.8 Å². The van der Waals surface area contributed by atoms with Gasteiger partial charge in [0.05, 0.1) is 20.3 Å². The van der Waals surface area contributed by atoms with Crippen LogP contribution in [0.3, 0.4) is 0 Å². The highest BCUT2D eigenvalue weighted by molar-refractivity contribution is 6.09. The van der Waals surface area contributed by atoms with Gasteiger partial charge in [0.1, 0.15) is 23.6 Å². The highest BCUT2D eigenvalue weighted by Crippen LogP contribution is 2.35. The second-order valence-electron chi connectivity index (χ2n) is 7.01. The summed E-state index contributed by atoms with van der Waals surface area (Å²) >= 11 is 0. The summed E-state index contributed by atoms with van der Waals surface area (Å²) in [6, 6.07) is 4.43. The standard InChI is InChI=1S/C19H25N3O5/c1-12(14-10-13(26-2)6-7-15(14)27-3)20-16(23)11-22-17(24)19(21-18(22)25)8-4-5-9-19/h6-7,10,12H,4-5,8-9,11H2,1-3H3,(H,20,23)(H,21,25). The first-order valence-corrected chi connectivity index (χ1v) is 9.05. The van der Waals surface area contributed by atoms with Crippen LogP contribution in [0, 0.1) is 0 Å². The van der Waals surface area contributed by atoms with E-state index in [1.165, 1.54) is 0 Å². The van der Waals surface area contributed by atoms with E-state index < -0.39 is 17.5 Å². The Hall–Kier alpha value is -2.77. The van der Waals surface area contributed by atoms with Crippen molar-refractivity contribution < 1.29 is 23.9 Å². The number of nitrogens with zero attached hydrogens (tertiary/aromatic N) is 1. The van der Waals surface area contributed by atoms with E-state index in [0.29, 0.717) is 24.3 Å². The van der Waals surface area contributed by atoms with Crippen LogP contribution < -0.4 is 20.1 Å². The van der Waals surface area contributed by atoms with E-state index in [4.69, 9.17) is 9.47 Å². The predicted molar refractivity (Wildman–Crippen MR) is 97.5 cm³/mol. The van der Waals surface area contributed by atoms with Crippen molar-refractivity contribution in [2.45, 2.75) is 44.2 Å². The highest BCUT2D eigenvalue weighted by atomic mass is 16.5. The number of methoxy groups -OCH3 is 2. The maximum Gasteiger partial charge on any atom is 0.325 e. The lowest BCUT2D eigenvalue weighted by atomic mass is 9.98. The van der Waals surface area contributed by atoms with Crippen LogP contribution in [0.25, 0.3) is 0 Å². The molecule has 3 rings (SSSR count). The first-order valence-electron chi connectivity index (χ1n) is 9.05. The van der Waals surface area contributed by atoms with Gasteiger partial charge in [-0.3, -0.25) is 14.5 Å². The zero-order valence-electron chi connectivity index (χ0n) is 15.8. The Labute approximate surface area is 158 Å². The lowest BCUT2D eigenvalue weighted by molar-refractivity contribution is -0.135. The van der Waals surface area contributed by atoms with Gasteiger partial charge >= 0.3 is 6.03 Å². The number of nitrogens with one attached hydrogen (secondary N) is 2. The Morgan fingerprint density at radius 3 is 2.59 bits per heavy atom. The molecule has 1 atom stereocenters. The maximum atomic E-state index is 12.6. The minimum absolute atomic E-state index is 0.299. The molecule has 1 aromatic rings. The molecule has 1 aliphatic heterocycles. The summed E-state index contributed by atoms with van der Waals surface area (Å²) < 4.78 is 10.6. The molecule has 2 aliphatic rings. The summed E-state index contributed by atoms with van der Waals surface area (Å²) in [4.78, 5) is 38.3. The lowest BCUT2D eigenvalue weighted by Gasteiger charge is -2.21. The molecule has 27 heavy (non-hydrogen) atoms. The van der Waals surface area contributed by atoms with Crippen LogP contribution in [0.2, 0.25) is 0 Å². The molecule has 0 radical (unpaired) electrons. The van der Waals surface area contributed by atoms with Crippen LogP contribution >= 0.6 is 0 Å². The summed E-state index contributed by atoms with van der Waals surface area (Å²) in [5, 5.41) is 5.59. The van der Waals surface area contributed by atoms with Crippen LogP contribution in [0.15, 0.2) is 18.2 Å². The van der Waals surface area contributed by atoms with E-state index >= 15 is 0 Å². The zero-order valence-corrected chi connectivity index (χ0v) is 15.8. The number of carbonyl (C=O) groups is 3. The quantitative estimate of drug-likeness (QED) is 0.739. The van der Waals surface area contributed by atoms with Crippen LogP contribution in [-0.4, -0.2) is 49.0 Å². The Kier molecular flexibility index (Phi) is 5.25. The average Bonchev–Trinajstić information content (AvgIpc) is 3.22. The van der Waals surface area contributed by atoms with Crippen LogP contribution in [0.1, 0.15) is 44.2 Å². The molecular formula is C19H25N3O5. The van der Waals surface area contributed by atoms with E-state index in [1.54, 1.807) is 39.3 Å². The summed E-state index contributed by atoms with van der Waals surface area (Å²) in [6.07, 6.45) is 3.07. The minimum atomic E-state index is -0.807. The van der Waals surface area contributed by atoms with Gasteiger partial charge in [-0.05, 0) is 38.0 Å². The number of hydrogen-bond acceptors (Lipinski definition) is 5. The van der Waals surface area contributed by atoms with Crippen molar-refractivity contribution in [3.63, 3.8) is 0 Å². The first-order chi connectivity index (χ1) is 12.9. The van der Waals surface area contributed by atoms with Crippen LogP contribution in [0.5, 0.6) is 11.5 Å². The molecule has 8 nitrogen and oxygen atoms in total. The molecule has 0 bridgehead atoms. The maximum absolute atomic E-state index is 12.6. The lowest BCUT2D eigenvalue weighted by Crippen LogP contribution is -2.45. The summed E-state index contributed by atoms with van der Waals surface area (Å²) in [5.41, 5.74) is -0.0615. The van der Waals surface area contributed by atoms with Crippen LogP contribution in [0.4, 0.5) is 4.79 Å². The predicted octanol–water partition coefficient (Wildman–Crippen LogP) is 1.75. The number of amides is 4. The minimum Gasteiger partial charge on any atom is -0.497 e. The third-order valence-electron chi connectivity index (χ3n) is 5.29. The van der Waals surface area contributed by atoms with E-state index in [2.05, 4.69) is 10.6 Å². The molecule has 2 fully saturated rings. The van der Waals surface area contributed by atoms with E-state index in [1.807, 2.05) is 0 Å². The number of carbonyl (C=O) groups excluding carboxylic acids is 3. The van der Waals surface area contributed by atoms with Crippen molar-refractivity contribution in [1.82, 2.24) is 15.5 Å². The van der Waals surface area contributed by atoms with Crippen molar-refractivity contribution in [3.8, 4) is 11.5 Å². The smallest absolute Gasteiger partial charge is 0.325 e. The number of imide groups is 1. The molecule has 1 aromatic carbocycles. The SMILES string of the molecule is COc1ccc(OC)c(C(C)NC(=O)CN2C(=O)NC3(CCCC3)C2=O)c1. The summed E-state index contributed by atoms with van der Waals surface area (Å²) in [7, 11) is 3.11. The molecular weight excluding hydrogens is 350 g/mol. The highest BCUT2D eigenvalue weighted by Gasteiger charge is 2.52. The number of ether oxygens (including phenoxy) is 2.